The van der Waals surface area contributed by atoms with E-state index >= 15 is 0 Å². The second-order valence-electron chi connectivity index (χ2n) is 2.60. The highest BCUT2D eigenvalue weighted by Crippen LogP contribution is 2.39. The van der Waals surface area contributed by atoms with Gasteiger partial charge in [-0.3, -0.25) is 4.57 Å². The van der Waals surface area contributed by atoms with E-state index in [4.69, 9.17) is 9.79 Å². The molecule has 2 rings (SSSR count). The van der Waals surface area contributed by atoms with Gasteiger partial charge in [-0.05, 0) is 17.5 Å². The average Bonchev–Trinajstić information content (AvgIpc) is 2.73. The molecule has 0 bridgehead atoms. The van der Waals surface area contributed by atoms with Crippen LogP contribution in [0.5, 0.6) is 0 Å². The van der Waals surface area contributed by atoms with Crippen LogP contribution in [0, 0.1) is 6.26 Å². The van der Waals surface area contributed by atoms with Crippen LogP contribution in [0.25, 0.3) is 10.4 Å². The Balaban J connectivity index is 2.56. The Labute approximate surface area is 84.0 Å². The predicted octanol–water partition coefficient (Wildman–Crippen LogP) is 1.61. The molecule has 0 aromatic carbocycles. The van der Waals surface area contributed by atoms with Gasteiger partial charge in [-0.2, -0.15) is 0 Å². The molecule has 14 heavy (non-hydrogen) atoms. The quantitative estimate of drug-likeness (QED) is 0.767. The summed E-state index contributed by atoms with van der Waals surface area (Å²) in [4.78, 5) is 18.7. The van der Waals surface area contributed by atoms with Crippen LogP contribution in [0.15, 0.2) is 28.0 Å². The molecule has 2 aromatic heterocycles. The van der Waals surface area contributed by atoms with Crippen molar-refractivity contribution in [2.75, 3.05) is 0 Å². The Kier molecular flexibility index (Phi) is 2.33. The van der Waals surface area contributed by atoms with Gasteiger partial charge in [0.15, 0.2) is 6.26 Å². The highest BCUT2D eigenvalue weighted by atomic mass is 32.1. The molecule has 0 atom stereocenters. The molecule has 0 aliphatic heterocycles. The molecule has 2 N–H and O–H groups in total. The summed E-state index contributed by atoms with van der Waals surface area (Å²) in [5.74, 6) is 0. The molecular formula is C8H6O4PS. The van der Waals surface area contributed by atoms with E-state index in [2.05, 4.69) is 10.7 Å². The first-order valence-electron chi connectivity index (χ1n) is 3.69. The van der Waals surface area contributed by atoms with Crippen molar-refractivity contribution < 1.29 is 18.8 Å². The summed E-state index contributed by atoms with van der Waals surface area (Å²) < 4.78 is 15.7. The van der Waals surface area contributed by atoms with Crippen molar-refractivity contribution in [1.82, 2.24) is 0 Å². The normalized spacial score (nSPS) is 11.9. The van der Waals surface area contributed by atoms with Crippen LogP contribution in [0.4, 0.5) is 0 Å². The van der Waals surface area contributed by atoms with Crippen molar-refractivity contribution in [1.29, 1.82) is 0 Å². The average molecular weight is 229 g/mol. The Bertz CT molecular complexity index is 467. The van der Waals surface area contributed by atoms with Crippen LogP contribution in [-0.4, -0.2) is 9.79 Å². The number of hydrogen-bond acceptors (Lipinski definition) is 3. The van der Waals surface area contributed by atoms with E-state index in [-0.39, 0.29) is 5.50 Å². The summed E-state index contributed by atoms with van der Waals surface area (Å²) in [6.45, 7) is 0. The molecule has 0 unspecified atom stereocenters. The van der Waals surface area contributed by atoms with E-state index in [0.29, 0.717) is 5.56 Å². The van der Waals surface area contributed by atoms with Gasteiger partial charge in [0, 0.05) is 10.4 Å². The molecule has 2 heterocycles. The second kappa shape index (κ2) is 3.37. The Morgan fingerprint density at radius 1 is 1.50 bits per heavy atom. The fourth-order valence-electron chi connectivity index (χ4n) is 1.09. The van der Waals surface area contributed by atoms with Crippen LogP contribution < -0.4 is 5.50 Å². The van der Waals surface area contributed by atoms with E-state index in [0.717, 1.165) is 4.88 Å². The van der Waals surface area contributed by atoms with Gasteiger partial charge >= 0.3 is 7.60 Å². The number of hydrogen-bond donors (Lipinski definition) is 2. The van der Waals surface area contributed by atoms with E-state index < -0.39 is 7.60 Å². The highest BCUT2D eigenvalue weighted by molar-refractivity contribution is 7.60. The van der Waals surface area contributed by atoms with E-state index in [1.54, 1.807) is 12.1 Å². The molecule has 0 aliphatic rings. The van der Waals surface area contributed by atoms with Gasteiger partial charge in [-0.1, -0.05) is 6.07 Å². The van der Waals surface area contributed by atoms with Gasteiger partial charge in [-0.15, -0.1) is 11.3 Å². The first kappa shape index (κ1) is 9.68. The van der Waals surface area contributed by atoms with E-state index in [1.165, 1.54) is 17.4 Å². The SMILES string of the molecule is O=P(O)(O)c1o[c]cc1-c1cccs1. The van der Waals surface area contributed by atoms with Gasteiger partial charge in [0.1, 0.15) is 0 Å². The third kappa shape index (κ3) is 1.67. The fraction of sp³-hybridized carbons (Fsp3) is 0. The lowest BCUT2D eigenvalue weighted by atomic mass is 10.3. The van der Waals surface area contributed by atoms with Crippen molar-refractivity contribution >= 4 is 24.4 Å². The van der Waals surface area contributed by atoms with Gasteiger partial charge < -0.3 is 14.2 Å². The zero-order valence-corrected chi connectivity index (χ0v) is 8.59. The van der Waals surface area contributed by atoms with Gasteiger partial charge in [-0.25, -0.2) is 0 Å². The van der Waals surface area contributed by atoms with E-state index in [1.807, 2.05) is 5.38 Å². The monoisotopic (exact) mass is 229 g/mol. The van der Waals surface area contributed by atoms with Crippen LogP contribution in [-0.2, 0) is 4.57 Å². The van der Waals surface area contributed by atoms with Gasteiger partial charge in [0.2, 0.25) is 5.50 Å². The number of furan rings is 1. The maximum Gasteiger partial charge on any atom is 0.391 e. The zero-order valence-electron chi connectivity index (χ0n) is 6.88. The predicted molar refractivity (Wildman–Crippen MR) is 52.5 cm³/mol. The summed E-state index contributed by atoms with van der Waals surface area (Å²) >= 11 is 1.39. The Morgan fingerprint density at radius 2 is 2.29 bits per heavy atom. The number of rotatable bonds is 2. The summed E-state index contributed by atoms with van der Waals surface area (Å²) in [7, 11) is -4.34. The Morgan fingerprint density at radius 3 is 2.86 bits per heavy atom. The summed E-state index contributed by atoms with van der Waals surface area (Å²) in [6.07, 6.45) is 2.33. The van der Waals surface area contributed by atoms with Crippen molar-refractivity contribution in [3.8, 4) is 10.4 Å². The van der Waals surface area contributed by atoms with Crippen molar-refractivity contribution in [2.24, 2.45) is 0 Å². The number of thiophene rings is 1. The highest BCUT2D eigenvalue weighted by Gasteiger charge is 2.26. The Hall–Kier alpha value is -0.870. The lowest BCUT2D eigenvalue weighted by Gasteiger charge is -2.01. The summed E-state index contributed by atoms with van der Waals surface area (Å²) in [6, 6.07) is 5.00. The molecular weight excluding hydrogens is 223 g/mol. The maximum absolute atomic E-state index is 11.0. The fourth-order valence-corrected chi connectivity index (χ4v) is 2.57. The van der Waals surface area contributed by atoms with Crippen molar-refractivity contribution in [3.05, 3.63) is 29.8 Å². The summed E-state index contributed by atoms with van der Waals surface area (Å²) in [5.41, 5.74) is 0.0910. The molecule has 2 aromatic rings. The van der Waals surface area contributed by atoms with Gasteiger partial charge in [0.05, 0.1) is 0 Å². The van der Waals surface area contributed by atoms with Crippen LogP contribution >= 0.6 is 18.9 Å². The molecule has 4 nitrogen and oxygen atoms in total. The molecule has 1 radical (unpaired) electrons. The lowest BCUT2D eigenvalue weighted by molar-refractivity contribution is 0.376. The topological polar surface area (TPSA) is 70.7 Å². The minimum Gasteiger partial charge on any atom is -0.444 e. The van der Waals surface area contributed by atoms with Crippen molar-refractivity contribution in [2.45, 2.75) is 0 Å². The molecule has 0 amide bonds. The first-order chi connectivity index (χ1) is 6.59. The van der Waals surface area contributed by atoms with Crippen LogP contribution in [0.3, 0.4) is 0 Å². The standard InChI is InChI=1S/C8H6O4PS/c9-13(10,11)8-6(3-4-12-8)7-2-1-5-14-7/h1-3,5H,(H2,9,10,11). The maximum atomic E-state index is 11.0. The molecule has 6 heteroatoms. The zero-order chi connectivity index (χ0) is 10.2. The molecule has 0 aliphatic carbocycles. The third-order valence-electron chi connectivity index (χ3n) is 1.64. The largest absolute Gasteiger partial charge is 0.444 e. The van der Waals surface area contributed by atoms with Gasteiger partial charge in [0.25, 0.3) is 0 Å². The first-order valence-corrected chi connectivity index (χ1v) is 6.18. The van der Waals surface area contributed by atoms with Crippen molar-refractivity contribution in [3.63, 3.8) is 0 Å². The molecule has 0 saturated heterocycles. The lowest BCUT2D eigenvalue weighted by Crippen LogP contribution is -2.02. The summed E-state index contributed by atoms with van der Waals surface area (Å²) in [5, 5.41) is 1.83. The molecule has 0 spiro atoms. The minimum absolute atomic E-state index is 0.319. The minimum atomic E-state index is -4.34. The molecule has 0 fully saturated rings. The second-order valence-corrected chi connectivity index (χ2v) is 5.05. The molecule has 0 saturated carbocycles. The van der Waals surface area contributed by atoms with Crippen LogP contribution in [0.2, 0.25) is 0 Å². The van der Waals surface area contributed by atoms with E-state index in [9.17, 15) is 4.57 Å². The smallest absolute Gasteiger partial charge is 0.391 e. The molecule has 73 valence electrons. The third-order valence-corrected chi connectivity index (χ3v) is 3.40. The van der Waals surface area contributed by atoms with Crippen LogP contribution in [0.1, 0.15) is 0 Å².